The average molecular weight is 198 g/mol. The lowest BCUT2D eigenvalue weighted by atomic mass is 10.1. The minimum Gasteiger partial charge on any atom is -0.370 e. The first-order chi connectivity index (χ1) is 6.20. The van der Waals surface area contributed by atoms with E-state index in [4.69, 9.17) is 4.74 Å². The molecule has 1 aromatic rings. The van der Waals surface area contributed by atoms with E-state index >= 15 is 0 Å². The molecule has 0 amide bonds. The molecule has 1 aliphatic rings. The number of nitrogens with zero attached hydrogens (tertiary/aromatic N) is 1. The van der Waals surface area contributed by atoms with Gasteiger partial charge in [-0.15, -0.1) is 0 Å². The van der Waals surface area contributed by atoms with Gasteiger partial charge in [0.2, 0.25) is 0 Å². The van der Waals surface area contributed by atoms with Crippen LogP contribution in [-0.4, -0.2) is 18.1 Å². The second-order valence-corrected chi connectivity index (χ2v) is 4.40. The molecule has 0 radical (unpaired) electrons. The minimum absolute atomic E-state index is 0.207. The zero-order valence-electron chi connectivity index (χ0n) is 8.13. The van der Waals surface area contributed by atoms with Crippen LogP contribution in [0.1, 0.15) is 30.5 Å². The van der Waals surface area contributed by atoms with Gasteiger partial charge < -0.3 is 10.1 Å². The van der Waals surface area contributed by atoms with Gasteiger partial charge in [0, 0.05) is 13.5 Å². The lowest BCUT2D eigenvalue weighted by Crippen LogP contribution is -2.20. The van der Waals surface area contributed by atoms with Gasteiger partial charge in [-0.3, -0.25) is 0 Å². The number of hydrogen-bond acceptors (Lipinski definition) is 4. The van der Waals surface area contributed by atoms with Crippen LogP contribution in [0, 0.1) is 0 Å². The first-order valence-electron chi connectivity index (χ1n) is 4.53. The van der Waals surface area contributed by atoms with Crippen molar-refractivity contribution in [2.75, 3.05) is 12.4 Å². The topological polar surface area (TPSA) is 34.2 Å². The van der Waals surface area contributed by atoms with Crippen molar-refractivity contribution in [3.8, 4) is 0 Å². The van der Waals surface area contributed by atoms with Gasteiger partial charge in [-0.1, -0.05) is 11.3 Å². The molecule has 2 rings (SSSR count). The van der Waals surface area contributed by atoms with Crippen LogP contribution >= 0.6 is 11.3 Å². The SMILES string of the molecule is CNc1nc2c(s1)C(C)OC(C)C2. The fraction of sp³-hybridized carbons (Fsp3) is 0.667. The highest BCUT2D eigenvalue weighted by molar-refractivity contribution is 7.15. The first-order valence-corrected chi connectivity index (χ1v) is 5.35. The Labute approximate surface area is 82.1 Å². The van der Waals surface area contributed by atoms with Crippen molar-refractivity contribution in [2.45, 2.75) is 32.5 Å². The molecule has 4 heteroatoms. The average Bonchev–Trinajstić information content (AvgIpc) is 2.47. The molecular weight excluding hydrogens is 184 g/mol. The van der Waals surface area contributed by atoms with Crippen LogP contribution in [0.5, 0.6) is 0 Å². The molecule has 0 spiro atoms. The van der Waals surface area contributed by atoms with E-state index in [1.807, 2.05) is 7.05 Å². The van der Waals surface area contributed by atoms with Crippen LogP contribution in [0.25, 0.3) is 0 Å². The maximum atomic E-state index is 5.71. The Morgan fingerprint density at radius 1 is 1.54 bits per heavy atom. The quantitative estimate of drug-likeness (QED) is 0.751. The summed E-state index contributed by atoms with van der Waals surface area (Å²) in [5.41, 5.74) is 1.21. The smallest absolute Gasteiger partial charge is 0.182 e. The maximum Gasteiger partial charge on any atom is 0.182 e. The normalized spacial score (nSPS) is 27.0. The Kier molecular flexibility index (Phi) is 2.26. The molecule has 1 aliphatic heterocycles. The van der Waals surface area contributed by atoms with E-state index in [0.717, 1.165) is 11.6 Å². The molecule has 0 saturated heterocycles. The third kappa shape index (κ3) is 1.56. The van der Waals surface area contributed by atoms with Gasteiger partial charge in [0.25, 0.3) is 0 Å². The highest BCUT2D eigenvalue weighted by atomic mass is 32.1. The molecule has 2 atom stereocenters. The maximum absolute atomic E-state index is 5.71. The Morgan fingerprint density at radius 2 is 2.31 bits per heavy atom. The van der Waals surface area contributed by atoms with Gasteiger partial charge in [-0.05, 0) is 13.8 Å². The molecule has 13 heavy (non-hydrogen) atoms. The van der Waals surface area contributed by atoms with E-state index < -0.39 is 0 Å². The molecule has 0 saturated carbocycles. The van der Waals surface area contributed by atoms with Gasteiger partial charge in [-0.25, -0.2) is 4.98 Å². The van der Waals surface area contributed by atoms with Crippen molar-refractivity contribution in [2.24, 2.45) is 0 Å². The molecule has 0 aliphatic carbocycles. The molecule has 0 bridgehead atoms. The van der Waals surface area contributed by atoms with Gasteiger partial charge >= 0.3 is 0 Å². The lowest BCUT2D eigenvalue weighted by Gasteiger charge is -2.23. The van der Waals surface area contributed by atoms with Gasteiger partial charge in [0.05, 0.1) is 22.8 Å². The van der Waals surface area contributed by atoms with Crippen LogP contribution in [-0.2, 0) is 11.2 Å². The largest absolute Gasteiger partial charge is 0.370 e. The van der Waals surface area contributed by atoms with E-state index in [9.17, 15) is 0 Å². The lowest BCUT2D eigenvalue weighted by molar-refractivity contribution is -0.00316. The predicted octanol–water partition coefficient (Wildman–Crippen LogP) is 2.21. The molecule has 2 heterocycles. The summed E-state index contributed by atoms with van der Waals surface area (Å²) in [6.45, 7) is 4.18. The Hall–Kier alpha value is -0.610. The fourth-order valence-electron chi connectivity index (χ4n) is 1.66. The van der Waals surface area contributed by atoms with Gasteiger partial charge in [-0.2, -0.15) is 0 Å². The molecule has 1 N–H and O–H groups in total. The fourth-order valence-corrected chi connectivity index (χ4v) is 2.60. The molecule has 2 unspecified atom stereocenters. The van der Waals surface area contributed by atoms with E-state index in [-0.39, 0.29) is 6.10 Å². The minimum atomic E-state index is 0.207. The molecular formula is C9H14N2OS. The summed E-state index contributed by atoms with van der Waals surface area (Å²) in [6, 6.07) is 0. The Morgan fingerprint density at radius 3 is 3.00 bits per heavy atom. The van der Waals surface area contributed by atoms with Gasteiger partial charge in [0.1, 0.15) is 0 Å². The first kappa shape index (κ1) is 8.97. The number of aromatic nitrogens is 1. The van der Waals surface area contributed by atoms with Gasteiger partial charge in [0.15, 0.2) is 5.13 Å². The van der Waals surface area contributed by atoms with E-state index in [1.165, 1.54) is 10.6 Å². The summed E-state index contributed by atoms with van der Waals surface area (Å²) < 4.78 is 5.71. The van der Waals surface area contributed by atoms with E-state index in [1.54, 1.807) is 11.3 Å². The summed E-state index contributed by atoms with van der Waals surface area (Å²) in [4.78, 5) is 5.78. The third-order valence-electron chi connectivity index (χ3n) is 2.23. The van der Waals surface area contributed by atoms with Crippen LogP contribution in [0.15, 0.2) is 0 Å². The predicted molar refractivity (Wildman–Crippen MR) is 54.3 cm³/mol. The van der Waals surface area contributed by atoms with Crippen molar-refractivity contribution in [3.05, 3.63) is 10.6 Å². The number of ether oxygens (including phenoxy) is 1. The van der Waals surface area contributed by atoms with Crippen molar-refractivity contribution >= 4 is 16.5 Å². The van der Waals surface area contributed by atoms with E-state index in [0.29, 0.717) is 6.10 Å². The summed E-state index contributed by atoms with van der Waals surface area (Å²) >= 11 is 1.70. The molecule has 0 aromatic carbocycles. The molecule has 1 aromatic heterocycles. The summed E-state index contributed by atoms with van der Waals surface area (Å²) in [5, 5.41) is 4.07. The van der Waals surface area contributed by atoms with Crippen LogP contribution in [0.2, 0.25) is 0 Å². The van der Waals surface area contributed by atoms with Crippen molar-refractivity contribution < 1.29 is 4.74 Å². The summed E-state index contributed by atoms with van der Waals surface area (Å²) in [6.07, 6.45) is 1.45. The Balaban J connectivity index is 2.35. The molecule has 72 valence electrons. The summed E-state index contributed by atoms with van der Waals surface area (Å²) in [7, 11) is 1.90. The number of thiazole rings is 1. The number of anilines is 1. The highest BCUT2D eigenvalue weighted by Crippen LogP contribution is 2.35. The zero-order valence-corrected chi connectivity index (χ0v) is 8.94. The van der Waals surface area contributed by atoms with Crippen molar-refractivity contribution in [3.63, 3.8) is 0 Å². The number of rotatable bonds is 1. The summed E-state index contributed by atoms with van der Waals surface area (Å²) in [5.74, 6) is 0. The Bertz CT molecular complexity index is 311. The molecule has 0 fully saturated rings. The monoisotopic (exact) mass is 198 g/mol. The van der Waals surface area contributed by atoms with Crippen molar-refractivity contribution in [1.82, 2.24) is 4.98 Å². The standard InChI is InChI=1S/C9H14N2OS/c1-5-4-7-8(6(2)12-5)13-9(10-3)11-7/h5-6H,4H2,1-3H3,(H,10,11). The van der Waals surface area contributed by atoms with E-state index in [2.05, 4.69) is 24.1 Å². The number of nitrogens with one attached hydrogen (secondary N) is 1. The number of fused-ring (bicyclic) bond motifs is 1. The van der Waals surface area contributed by atoms with Crippen LogP contribution < -0.4 is 5.32 Å². The second kappa shape index (κ2) is 3.27. The number of hydrogen-bond donors (Lipinski definition) is 1. The van der Waals surface area contributed by atoms with Crippen LogP contribution in [0.4, 0.5) is 5.13 Å². The van der Waals surface area contributed by atoms with Crippen molar-refractivity contribution in [1.29, 1.82) is 0 Å². The van der Waals surface area contributed by atoms with Crippen LogP contribution in [0.3, 0.4) is 0 Å². The third-order valence-corrected chi connectivity index (χ3v) is 3.50. The highest BCUT2D eigenvalue weighted by Gasteiger charge is 2.25. The zero-order chi connectivity index (χ0) is 9.42. The second-order valence-electron chi connectivity index (χ2n) is 3.37. The molecule has 3 nitrogen and oxygen atoms in total.